The number of ether oxygens (including phenoxy) is 1. The molecule has 1 saturated heterocycles. The third-order valence-corrected chi connectivity index (χ3v) is 7.51. The van der Waals surface area contributed by atoms with E-state index in [2.05, 4.69) is 24.1 Å². The van der Waals surface area contributed by atoms with Gasteiger partial charge in [0, 0.05) is 41.5 Å². The number of nitrogens with one attached hydrogen (secondary N) is 2. The molecule has 8 nitrogen and oxygen atoms in total. The van der Waals surface area contributed by atoms with Crippen molar-refractivity contribution in [2.24, 2.45) is 5.92 Å². The van der Waals surface area contributed by atoms with Crippen LogP contribution in [0, 0.1) is 5.92 Å². The number of carbonyl (C=O) groups is 2. The average Bonchev–Trinajstić information content (AvgIpc) is 3.27. The zero-order valence-corrected chi connectivity index (χ0v) is 20.8. The molecule has 3 aliphatic rings. The summed E-state index contributed by atoms with van der Waals surface area (Å²) in [5.74, 6) is 0.615. The number of aromatic nitrogens is 1. The lowest BCUT2D eigenvalue weighted by molar-refractivity contribution is -0.133. The lowest BCUT2D eigenvalue weighted by Gasteiger charge is -2.45. The zero-order valence-electron chi connectivity index (χ0n) is 20.8. The molecule has 0 spiro atoms. The number of imide groups is 1. The quantitative estimate of drug-likeness (QED) is 0.409. The van der Waals surface area contributed by atoms with Crippen LogP contribution >= 0.6 is 0 Å². The van der Waals surface area contributed by atoms with Gasteiger partial charge in [-0.25, -0.2) is 4.79 Å². The topological polar surface area (TPSA) is 97.9 Å². The SMILES string of the molecule is COc1ccc2[nH]c3c(c2c1)C[C@@]1(C)C(=O)N(CCCNC(C)C)C(=O)N1[C@@H]3C1C=C(O)C=CC1. The Balaban J connectivity index is 1.58. The molecule has 0 radical (unpaired) electrons. The van der Waals surface area contributed by atoms with Crippen molar-refractivity contribution in [2.45, 2.75) is 57.7 Å². The summed E-state index contributed by atoms with van der Waals surface area (Å²) in [4.78, 5) is 34.4. The highest BCUT2D eigenvalue weighted by molar-refractivity contribution is 6.08. The highest BCUT2D eigenvalue weighted by atomic mass is 16.5. The van der Waals surface area contributed by atoms with Gasteiger partial charge in [0.1, 0.15) is 17.0 Å². The Kier molecular flexibility index (Phi) is 5.87. The fraction of sp³-hybridized carbons (Fsp3) is 0.481. The molecule has 35 heavy (non-hydrogen) atoms. The van der Waals surface area contributed by atoms with E-state index in [1.54, 1.807) is 24.2 Å². The fourth-order valence-corrected chi connectivity index (χ4v) is 5.84. The van der Waals surface area contributed by atoms with Crippen LogP contribution in [0.5, 0.6) is 5.75 Å². The molecule has 1 fully saturated rings. The number of amides is 3. The van der Waals surface area contributed by atoms with Crippen LogP contribution in [0.3, 0.4) is 0 Å². The second-order valence-electron chi connectivity index (χ2n) is 10.3. The molecule has 1 unspecified atom stereocenters. The van der Waals surface area contributed by atoms with Crippen molar-refractivity contribution in [2.75, 3.05) is 20.2 Å². The van der Waals surface area contributed by atoms with E-state index < -0.39 is 11.6 Å². The predicted octanol–water partition coefficient (Wildman–Crippen LogP) is 4.20. The van der Waals surface area contributed by atoms with Gasteiger partial charge in [-0.3, -0.25) is 9.69 Å². The standard InChI is InChI=1S/C27H34N4O4/c1-16(2)28-11-6-12-30-25(33)27(3)15-21-20-14-19(35-4)9-10-22(20)29-23(21)24(31(27)26(30)34)17-7-5-8-18(32)13-17/h5,8-10,13-14,16-17,24,28-29,32H,6-7,11-12,15H2,1-4H3/t17?,24-,27+/m1/s1. The third kappa shape index (κ3) is 3.80. The van der Waals surface area contributed by atoms with Crippen LogP contribution in [-0.4, -0.2) is 63.6 Å². The lowest BCUT2D eigenvalue weighted by atomic mass is 9.77. The second-order valence-corrected chi connectivity index (χ2v) is 10.3. The maximum Gasteiger partial charge on any atom is 0.328 e. The molecule has 3 amide bonds. The minimum absolute atomic E-state index is 0.153. The van der Waals surface area contributed by atoms with E-state index in [1.807, 2.05) is 31.2 Å². The number of rotatable bonds is 7. The van der Waals surface area contributed by atoms with Gasteiger partial charge >= 0.3 is 6.03 Å². The van der Waals surface area contributed by atoms with Gasteiger partial charge in [-0.2, -0.15) is 0 Å². The molecule has 0 saturated carbocycles. The van der Waals surface area contributed by atoms with E-state index in [9.17, 15) is 14.7 Å². The molecule has 1 aromatic carbocycles. The van der Waals surface area contributed by atoms with Crippen molar-refractivity contribution >= 4 is 22.8 Å². The molecule has 2 aromatic rings. The molecular weight excluding hydrogens is 444 g/mol. The molecular formula is C27H34N4O4. The van der Waals surface area contributed by atoms with Crippen LogP contribution in [0.25, 0.3) is 10.9 Å². The van der Waals surface area contributed by atoms with E-state index in [0.717, 1.165) is 34.5 Å². The molecule has 1 aromatic heterocycles. The number of benzene rings is 1. The Hall–Kier alpha value is -3.26. The number of H-pyrrole nitrogens is 1. The van der Waals surface area contributed by atoms with Crippen LogP contribution in [0.2, 0.25) is 0 Å². The number of urea groups is 1. The average molecular weight is 479 g/mol. The van der Waals surface area contributed by atoms with Crippen LogP contribution in [0.4, 0.5) is 4.79 Å². The molecule has 3 atom stereocenters. The minimum atomic E-state index is -0.997. The molecule has 5 rings (SSSR count). The van der Waals surface area contributed by atoms with Gasteiger partial charge in [-0.05, 0) is 62.2 Å². The summed E-state index contributed by atoms with van der Waals surface area (Å²) >= 11 is 0. The summed E-state index contributed by atoms with van der Waals surface area (Å²) in [5.41, 5.74) is 1.92. The molecule has 3 N–H and O–H groups in total. The number of hydrogen-bond donors (Lipinski definition) is 3. The number of carbonyl (C=O) groups excluding carboxylic acids is 2. The molecule has 8 heteroatoms. The third-order valence-electron chi connectivity index (χ3n) is 7.51. The van der Waals surface area contributed by atoms with Gasteiger partial charge in [-0.1, -0.05) is 19.9 Å². The highest BCUT2D eigenvalue weighted by Gasteiger charge is 2.60. The van der Waals surface area contributed by atoms with Gasteiger partial charge in [0.05, 0.1) is 13.2 Å². The Morgan fingerprint density at radius 1 is 1.31 bits per heavy atom. The van der Waals surface area contributed by atoms with E-state index in [1.165, 1.54) is 4.90 Å². The van der Waals surface area contributed by atoms with Crippen LogP contribution in [-0.2, 0) is 11.2 Å². The van der Waals surface area contributed by atoms with Gasteiger partial charge in [0.2, 0.25) is 0 Å². The van der Waals surface area contributed by atoms with Crippen LogP contribution < -0.4 is 10.1 Å². The monoisotopic (exact) mass is 478 g/mol. The van der Waals surface area contributed by atoms with E-state index in [4.69, 9.17) is 4.74 Å². The molecule has 3 heterocycles. The van der Waals surface area contributed by atoms with Crippen molar-refractivity contribution in [1.29, 1.82) is 0 Å². The Bertz CT molecular complexity index is 1230. The predicted molar refractivity (Wildman–Crippen MR) is 134 cm³/mol. The van der Waals surface area contributed by atoms with Gasteiger partial charge < -0.3 is 25.0 Å². The minimum Gasteiger partial charge on any atom is -0.508 e. The lowest BCUT2D eigenvalue weighted by Crippen LogP contribution is -2.54. The summed E-state index contributed by atoms with van der Waals surface area (Å²) < 4.78 is 5.47. The Morgan fingerprint density at radius 2 is 2.11 bits per heavy atom. The number of aliphatic hydroxyl groups excluding tert-OH is 1. The Labute approximate surface area is 205 Å². The summed E-state index contributed by atoms with van der Waals surface area (Å²) in [6.45, 7) is 7.16. The number of aromatic amines is 1. The highest BCUT2D eigenvalue weighted by Crippen LogP contribution is 2.50. The normalized spacial score (nSPS) is 25.9. The first-order chi connectivity index (χ1) is 16.7. The van der Waals surface area contributed by atoms with Gasteiger partial charge in [-0.15, -0.1) is 0 Å². The number of fused-ring (bicyclic) bond motifs is 4. The smallest absolute Gasteiger partial charge is 0.328 e. The maximum absolute atomic E-state index is 13.8. The second kappa shape index (κ2) is 8.75. The van der Waals surface area contributed by atoms with Gasteiger partial charge in [0.25, 0.3) is 5.91 Å². The van der Waals surface area contributed by atoms with E-state index in [-0.39, 0.29) is 23.6 Å². The van der Waals surface area contributed by atoms with Crippen molar-refractivity contribution in [1.82, 2.24) is 20.1 Å². The fourth-order valence-electron chi connectivity index (χ4n) is 5.84. The van der Waals surface area contributed by atoms with E-state index in [0.29, 0.717) is 31.8 Å². The summed E-state index contributed by atoms with van der Waals surface area (Å²) in [5, 5.41) is 14.6. The van der Waals surface area contributed by atoms with Crippen molar-refractivity contribution in [3.8, 4) is 5.75 Å². The molecule has 0 bridgehead atoms. The molecule has 2 aliphatic heterocycles. The Morgan fingerprint density at radius 3 is 2.83 bits per heavy atom. The maximum atomic E-state index is 13.8. The zero-order chi connectivity index (χ0) is 24.9. The largest absolute Gasteiger partial charge is 0.508 e. The number of nitrogens with zero attached hydrogens (tertiary/aromatic N) is 2. The van der Waals surface area contributed by atoms with Crippen LogP contribution in [0.15, 0.2) is 42.2 Å². The first kappa shape index (κ1) is 23.5. The molecule has 1 aliphatic carbocycles. The first-order valence-electron chi connectivity index (χ1n) is 12.4. The number of allylic oxidation sites excluding steroid dienone is 2. The first-order valence-corrected chi connectivity index (χ1v) is 12.4. The number of methoxy groups -OCH3 is 1. The van der Waals surface area contributed by atoms with Crippen molar-refractivity contribution in [3.63, 3.8) is 0 Å². The van der Waals surface area contributed by atoms with Crippen molar-refractivity contribution in [3.05, 3.63) is 53.4 Å². The summed E-state index contributed by atoms with van der Waals surface area (Å²) in [6, 6.07) is 5.57. The summed E-state index contributed by atoms with van der Waals surface area (Å²) in [7, 11) is 1.64. The number of aliphatic hydroxyl groups is 1. The number of hydrogen-bond acceptors (Lipinski definition) is 5. The van der Waals surface area contributed by atoms with Gasteiger partial charge in [0.15, 0.2) is 0 Å². The van der Waals surface area contributed by atoms with E-state index >= 15 is 0 Å². The summed E-state index contributed by atoms with van der Waals surface area (Å²) in [6.07, 6.45) is 7.20. The van der Waals surface area contributed by atoms with Crippen molar-refractivity contribution < 1.29 is 19.4 Å². The van der Waals surface area contributed by atoms with Crippen LogP contribution in [0.1, 0.15) is 50.9 Å². The molecule has 186 valence electrons.